The molecule has 2 fully saturated rings. The second-order valence-electron chi connectivity index (χ2n) is 3.75. The zero-order chi connectivity index (χ0) is 11.2. The van der Waals surface area contributed by atoms with Crippen molar-refractivity contribution in [2.45, 2.75) is 37.3 Å². The van der Waals surface area contributed by atoms with Gasteiger partial charge in [-0.25, -0.2) is 0 Å². The third-order valence-corrected chi connectivity index (χ3v) is 2.61. The van der Waals surface area contributed by atoms with Crippen LogP contribution in [-0.2, 0) is 14.3 Å². The lowest BCUT2D eigenvalue weighted by atomic mass is 9.98. The van der Waals surface area contributed by atoms with Crippen LogP contribution >= 0.6 is 0 Å². The van der Waals surface area contributed by atoms with Gasteiger partial charge in [-0.05, 0) is 0 Å². The van der Waals surface area contributed by atoms with Crippen LogP contribution in [0.3, 0.4) is 0 Å². The average molecular weight is 219 g/mol. The van der Waals surface area contributed by atoms with Gasteiger partial charge in [0.15, 0.2) is 0 Å². The number of carbonyl (C=O) groups is 1. The van der Waals surface area contributed by atoms with Crippen molar-refractivity contribution >= 4 is 5.91 Å². The van der Waals surface area contributed by atoms with E-state index in [9.17, 15) is 15.0 Å². The first kappa shape index (κ1) is 10.8. The van der Waals surface area contributed by atoms with Crippen molar-refractivity contribution in [1.82, 2.24) is 5.32 Å². The van der Waals surface area contributed by atoms with E-state index in [1.54, 1.807) is 0 Å². The summed E-state index contributed by atoms with van der Waals surface area (Å²) in [6.07, 6.45) is -3.82. The molecule has 15 heavy (non-hydrogen) atoms. The van der Waals surface area contributed by atoms with E-state index in [1.807, 2.05) is 0 Å². The third kappa shape index (κ3) is 1.62. The molecule has 1 amide bonds. The van der Waals surface area contributed by atoms with Crippen molar-refractivity contribution in [2.75, 3.05) is 6.61 Å². The molecule has 4 N–H and O–H groups in total. The molecule has 0 saturated carbocycles. The highest BCUT2D eigenvalue weighted by Crippen LogP contribution is 2.43. The van der Waals surface area contributed by atoms with Crippen LogP contribution in [-0.4, -0.2) is 58.2 Å². The zero-order valence-electron chi connectivity index (χ0n) is 8.08. The average Bonchev–Trinajstić information content (AvgIpc) is 2.80. The van der Waals surface area contributed by atoms with Crippen LogP contribution in [0.25, 0.3) is 0 Å². The summed E-state index contributed by atoms with van der Waals surface area (Å²) in [6.45, 7) is 1.28. The lowest BCUT2D eigenvalue weighted by Gasteiger charge is -2.35. The Morgan fingerprint density at radius 3 is 2.53 bits per heavy atom. The van der Waals surface area contributed by atoms with Crippen molar-refractivity contribution in [3.05, 3.63) is 0 Å². The number of aliphatic hydroxyl groups is 3. The van der Waals surface area contributed by atoms with Gasteiger partial charge in [-0.3, -0.25) is 4.79 Å². The summed E-state index contributed by atoms with van der Waals surface area (Å²) in [6, 6.07) is -0.695. The standard InChI is InChI=1S/C8H13NO6/c1-3(10)9-4-2-14-8(7(13)15-8)6(12)5(4)11/h4-7,11-13H,2H2,1H3,(H,9,10)/t4-,5+,6-,7-,8+/m0/s1. The molecular formula is C8H13NO6. The van der Waals surface area contributed by atoms with Gasteiger partial charge in [-0.2, -0.15) is 0 Å². The number of hydrogen-bond donors (Lipinski definition) is 4. The summed E-state index contributed by atoms with van der Waals surface area (Å²) in [7, 11) is 0. The Morgan fingerprint density at radius 2 is 2.07 bits per heavy atom. The second kappa shape index (κ2) is 3.39. The monoisotopic (exact) mass is 219 g/mol. The van der Waals surface area contributed by atoms with Gasteiger partial charge in [-0.15, -0.1) is 0 Å². The van der Waals surface area contributed by atoms with E-state index < -0.39 is 30.3 Å². The van der Waals surface area contributed by atoms with E-state index in [0.29, 0.717) is 0 Å². The molecule has 5 atom stereocenters. The summed E-state index contributed by atoms with van der Waals surface area (Å²) in [5.41, 5.74) is 0. The van der Waals surface area contributed by atoms with Gasteiger partial charge < -0.3 is 30.1 Å². The highest BCUT2D eigenvalue weighted by molar-refractivity contribution is 5.73. The maximum Gasteiger partial charge on any atom is 0.252 e. The normalized spacial score (nSPS) is 49.1. The van der Waals surface area contributed by atoms with E-state index in [4.69, 9.17) is 14.6 Å². The van der Waals surface area contributed by atoms with E-state index in [-0.39, 0.29) is 12.5 Å². The molecule has 0 radical (unpaired) electrons. The maximum absolute atomic E-state index is 10.8. The summed E-state index contributed by atoms with van der Waals surface area (Å²) >= 11 is 0. The molecule has 7 nitrogen and oxygen atoms in total. The first-order chi connectivity index (χ1) is 6.97. The lowest BCUT2D eigenvalue weighted by Crippen LogP contribution is -2.61. The van der Waals surface area contributed by atoms with Crippen molar-refractivity contribution < 1.29 is 29.6 Å². The second-order valence-corrected chi connectivity index (χ2v) is 3.75. The third-order valence-electron chi connectivity index (χ3n) is 2.61. The van der Waals surface area contributed by atoms with Crippen LogP contribution < -0.4 is 5.32 Å². The van der Waals surface area contributed by atoms with Crippen LogP contribution in [0.1, 0.15) is 6.92 Å². The molecule has 7 heteroatoms. The lowest BCUT2D eigenvalue weighted by molar-refractivity contribution is -0.205. The Kier molecular flexibility index (Phi) is 2.44. The minimum absolute atomic E-state index is 0.0190. The Labute approximate surface area is 85.6 Å². The van der Waals surface area contributed by atoms with Crippen molar-refractivity contribution in [3.8, 4) is 0 Å². The number of hydrogen-bond acceptors (Lipinski definition) is 6. The van der Waals surface area contributed by atoms with Gasteiger partial charge in [0.25, 0.3) is 5.79 Å². The van der Waals surface area contributed by atoms with E-state index >= 15 is 0 Å². The van der Waals surface area contributed by atoms with E-state index in [2.05, 4.69) is 5.32 Å². The van der Waals surface area contributed by atoms with E-state index in [1.165, 1.54) is 6.92 Å². The number of amides is 1. The largest absolute Gasteiger partial charge is 0.388 e. The minimum Gasteiger partial charge on any atom is -0.388 e. The fraction of sp³-hybridized carbons (Fsp3) is 0.875. The smallest absolute Gasteiger partial charge is 0.252 e. The molecule has 2 heterocycles. The minimum atomic E-state index is -1.51. The SMILES string of the molecule is CC(=O)N[C@H]1CO[C@@]2(O[C@@H]2O)[C@@H](O)[C@@H]1O. The van der Waals surface area contributed by atoms with Crippen molar-refractivity contribution in [2.24, 2.45) is 0 Å². The number of aliphatic hydroxyl groups excluding tert-OH is 3. The molecule has 0 aliphatic carbocycles. The molecule has 0 aromatic carbocycles. The highest BCUT2D eigenvalue weighted by atomic mass is 16.9. The first-order valence-electron chi connectivity index (χ1n) is 4.60. The zero-order valence-corrected chi connectivity index (χ0v) is 8.08. The molecule has 0 aromatic rings. The number of nitrogens with one attached hydrogen (secondary N) is 1. The number of rotatable bonds is 1. The summed E-state index contributed by atoms with van der Waals surface area (Å²) in [5, 5.41) is 30.8. The molecule has 86 valence electrons. The van der Waals surface area contributed by atoms with Crippen LogP contribution in [0.2, 0.25) is 0 Å². The fourth-order valence-corrected chi connectivity index (χ4v) is 1.71. The van der Waals surface area contributed by atoms with Crippen LogP contribution in [0.4, 0.5) is 0 Å². The van der Waals surface area contributed by atoms with Gasteiger partial charge in [0, 0.05) is 6.92 Å². The Bertz CT molecular complexity index is 284. The Balaban J connectivity index is 2.02. The van der Waals surface area contributed by atoms with Crippen molar-refractivity contribution in [3.63, 3.8) is 0 Å². The number of ether oxygens (including phenoxy) is 2. The first-order valence-corrected chi connectivity index (χ1v) is 4.60. The van der Waals surface area contributed by atoms with Crippen molar-refractivity contribution in [1.29, 1.82) is 0 Å². The van der Waals surface area contributed by atoms with Crippen LogP contribution in [0.15, 0.2) is 0 Å². The number of epoxide rings is 1. The predicted octanol–water partition coefficient (Wildman–Crippen LogP) is -2.71. The molecule has 0 bridgehead atoms. The molecule has 2 aliphatic heterocycles. The van der Waals surface area contributed by atoms with Gasteiger partial charge in [0.05, 0.1) is 12.6 Å². The maximum atomic E-state index is 10.8. The predicted molar refractivity (Wildman–Crippen MR) is 45.4 cm³/mol. The molecular weight excluding hydrogens is 206 g/mol. The van der Waals surface area contributed by atoms with E-state index in [0.717, 1.165) is 0 Å². The topological polar surface area (TPSA) is 112 Å². The Hall–Kier alpha value is -0.730. The molecule has 2 aliphatic rings. The van der Waals surface area contributed by atoms with Gasteiger partial charge in [-0.1, -0.05) is 0 Å². The molecule has 0 aromatic heterocycles. The fourth-order valence-electron chi connectivity index (χ4n) is 1.71. The molecule has 0 unspecified atom stereocenters. The van der Waals surface area contributed by atoms with Gasteiger partial charge >= 0.3 is 0 Å². The summed E-state index contributed by atoms with van der Waals surface area (Å²) in [5.74, 6) is -1.84. The molecule has 1 spiro atoms. The molecule has 2 saturated heterocycles. The van der Waals surface area contributed by atoms with Crippen LogP contribution in [0, 0.1) is 0 Å². The summed E-state index contributed by atoms with van der Waals surface area (Å²) < 4.78 is 9.78. The van der Waals surface area contributed by atoms with Gasteiger partial charge in [0.1, 0.15) is 12.2 Å². The van der Waals surface area contributed by atoms with Gasteiger partial charge in [0.2, 0.25) is 12.2 Å². The summed E-state index contributed by atoms with van der Waals surface area (Å²) in [4.78, 5) is 10.8. The molecule has 2 rings (SSSR count). The number of carbonyl (C=O) groups excluding carboxylic acids is 1. The quantitative estimate of drug-likeness (QED) is 0.357. The Morgan fingerprint density at radius 1 is 1.47 bits per heavy atom. The highest BCUT2D eigenvalue weighted by Gasteiger charge is 2.68. The van der Waals surface area contributed by atoms with Crippen LogP contribution in [0.5, 0.6) is 0 Å².